The first-order chi connectivity index (χ1) is 7.61. The molecule has 0 aliphatic carbocycles. The van der Waals surface area contributed by atoms with E-state index in [2.05, 4.69) is 17.3 Å². The van der Waals surface area contributed by atoms with Crippen molar-refractivity contribution in [3.05, 3.63) is 29.8 Å². The zero-order chi connectivity index (χ0) is 11.7. The highest BCUT2D eigenvalue weighted by atomic mass is 16.3. The first-order valence-electron chi connectivity index (χ1n) is 5.39. The van der Waals surface area contributed by atoms with E-state index >= 15 is 0 Å². The van der Waals surface area contributed by atoms with Gasteiger partial charge in [0.05, 0.1) is 17.3 Å². The van der Waals surface area contributed by atoms with Crippen LogP contribution in [0.3, 0.4) is 0 Å². The molecule has 0 fully saturated rings. The number of aromatic nitrogens is 2. The lowest BCUT2D eigenvalue weighted by atomic mass is 10.2. The average Bonchev–Trinajstić information content (AvgIpc) is 2.83. The Morgan fingerprint density at radius 3 is 2.75 bits per heavy atom. The molecule has 2 aromatic heterocycles. The predicted octanol–water partition coefficient (Wildman–Crippen LogP) is 2.27. The van der Waals surface area contributed by atoms with Gasteiger partial charge in [-0.25, -0.2) is 0 Å². The lowest BCUT2D eigenvalue weighted by Crippen LogP contribution is -2.10. The first kappa shape index (κ1) is 11.0. The molecule has 4 heteroatoms. The molecule has 0 saturated carbocycles. The third-order valence-corrected chi connectivity index (χ3v) is 2.77. The van der Waals surface area contributed by atoms with Gasteiger partial charge in [0.1, 0.15) is 11.5 Å². The van der Waals surface area contributed by atoms with Gasteiger partial charge in [0, 0.05) is 13.2 Å². The van der Waals surface area contributed by atoms with E-state index in [0.717, 1.165) is 22.8 Å². The van der Waals surface area contributed by atoms with Crippen LogP contribution in [0.5, 0.6) is 0 Å². The molecule has 0 saturated heterocycles. The molecule has 0 radical (unpaired) electrons. The number of furan rings is 1. The molecule has 0 aliphatic heterocycles. The van der Waals surface area contributed by atoms with Crippen LogP contribution in [0.1, 0.15) is 24.4 Å². The van der Waals surface area contributed by atoms with Crippen molar-refractivity contribution in [2.24, 2.45) is 7.05 Å². The van der Waals surface area contributed by atoms with Crippen LogP contribution in [0, 0.1) is 6.92 Å². The number of aryl methyl sites for hydroxylation is 2. The zero-order valence-corrected chi connectivity index (χ0v) is 10.1. The van der Waals surface area contributed by atoms with E-state index in [9.17, 15) is 0 Å². The Hall–Kier alpha value is -1.55. The van der Waals surface area contributed by atoms with E-state index in [1.165, 1.54) is 0 Å². The molecule has 2 rings (SSSR count). The second-order valence-corrected chi connectivity index (χ2v) is 4.01. The topological polar surface area (TPSA) is 43.0 Å². The number of rotatable bonds is 3. The molecule has 1 N–H and O–H groups in total. The molecule has 1 unspecified atom stereocenters. The molecule has 2 heterocycles. The fraction of sp³-hybridized carbons (Fsp3) is 0.417. The van der Waals surface area contributed by atoms with Crippen molar-refractivity contribution in [1.29, 1.82) is 0 Å². The predicted molar refractivity (Wildman–Crippen MR) is 63.1 cm³/mol. The van der Waals surface area contributed by atoms with Gasteiger partial charge in [0.15, 0.2) is 0 Å². The van der Waals surface area contributed by atoms with E-state index in [1.54, 1.807) is 4.68 Å². The second-order valence-electron chi connectivity index (χ2n) is 4.01. The number of nitrogens with one attached hydrogen (secondary N) is 1. The van der Waals surface area contributed by atoms with Crippen molar-refractivity contribution in [1.82, 2.24) is 15.1 Å². The van der Waals surface area contributed by atoms with E-state index in [1.807, 2.05) is 39.3 Å². The van der Waals surface area contributed by atoms with Crippen molar-refractivity contribution in [2.45, 2.75) is 19.9 Å². The molecule has 0 aromatic carbocycles. The minimum atomic E-state index is 0.228. The van der Waals surface area contributed by atoms with Crippen molar-refractivity contribution < 1.29 is 4.42 Å². The minimum Gasteiger partial charge on any atom is -0.459 e. The van der Waals surface area contributed by atoms with Gasteiger partial charge in [-0.2, -0.15) is 5.10 Å². The van der Waals surface area contributed by atoms with Gasteiger partial charge in [-0.05, 0) is 33.0 Å². The molecular weight excluding hydrogens is 202 g/mol. The molecular formula is C12H17N3O. The monoisotopic (exact) mass is 219 g/mol. The van der Waals surface area contributed by atoms with Crippen LogP contribution in [-0.4, -0.2) is 16.8 Å². The summed E-state index contributed by atoms with van der Waals surface area (Å²) in [4.78, 5) is 0. The summed E-state index contributed by atoms with van der Waals surface area (Å²) in [6.07, 6.45) is 1.97. The van der Waals surface area contributed by atoms with Crippen LogP contribution in [0.25, 0.3) is 11.3 Å². The molecule has 16 heavy (non-hydrogen) atoms. The number of hydrogen-bond donors (Lipinski definition) is 1. The van der Waals surface area contributed by atoms with Gasteiger partial charge in [0.2, 0.25) is 0 Å². The van der Waals surface area contributed by atoms with Gasteiger partial charge < -0.3 is 9.73 Å². The summed E-state index contributed by atoms with van der Waals surface area (Å²) in [6, 6.07) is 4.22. The smallest absolute Gasteiger partial charge is 0.137 e. The maximum absolute atomic E-state index is 5.80. The summed E-state index contributed by atoms with van der Waals surface area (Å²) in [5.41, 5.74) is 2.04. The third kappa shape index (κ3) is 1.88. The minimum absolute atomic E-state index is 0.228. The first-order valence-corrected chi connectivity index (χ1v) is 5.39. The highest BCUT2D eigenvalue weighted by molar-refractivity contribution is 5.59. The number of hydrogen-bond acceptors (Lipinski definition) is 3. The highest BCUT2D eigenvalue weighted by Gasteiger charge is 2.12. The van der Waals surface area contributed by atoms with Crippen LogP contribution < -0.4 is 5.32 Å². The zero-order valence-electron chi connectivity index (χ0n) is 10.1. The molecule has 2 aromatic rings. The van der Waals surface area contributed by atoms with Crippen molar-refractivity contribution in [3.8, 4) is 11.3 Å². The lowest BCUT2D eigenvalue weighted by Gasteiger charge is -2.05. The Labute approximate surface area is 95.3 Å². The Morgan fingerprint density at radius 1 is 1.44 bits per heavy atom. The van der Waals surface area contributed by atoms with E-state index in [4.69, 9.17) is 4.42 Å². The standard InChI is InChI=1S/C12H17N3O/c1-8-10(7-15(4)14-8)12-6-5-11(16-12)9(2)13-3/h5-7,9,13H,1-4H3. The van der Waals surface area contributed by atoms with Crippen molar-refractivity contribution in [2.75, 3.05) is 7.05 Å². The van der Waals surface area contributed by atoms with E-state index in [-0.39, 0.29) is 6.04 Å². The van der Waals surface area contributed by atoms with Gasteiger partial charge in [0.25, 0.3) is 0 Å². The Bertz CT molecular complexity index is 484. The molecule has 86 valence electrons. The van der Waals surface area contributed by atoms with Crippen LogP contribution in [0.15, 0.2) is 22.7 Å². The largest absolute Gasteiger partial charge is 0.459 e. The molecule has 0 spiro atoms. The normalized spacial score (nSPS) is 13.0. The summed E-state index contributed by atoms with van der Waals surface area (Å²) in [5, 5.41) is 7.45. The quantitative estimate of drug-likeness (QED) is 0.861. The maximum atomic E-state index is 5.80. The van der Waals surface area contributed by atoms with Crippen LogP contribution in [0.2, 0.25) is 0 Å². The van der Waals surface area contributed by atoms with E-state index < -0.39 is 0 Å². The number of nitrogens with zero attached hydrogens (tertiary/aromatic N) is 2. The Kier molecular flexibility index (Phi) is 2.83. The lowest BCUT2D eigenvalue weighted by molar-refractivity contribution is 0.458. The summed E-state index contributed by atoms with van der Waals surface area (Å²) in [5.74, 6) is 1.82. The van der Waals surface area contributed by atoms with E-state index in [0.29, 0.717) is 0 Å². The maximum Gasteiger partial charge on any atom is 0.137 e. The van der Waals surface area contributed by atoms with Gasteiger partial charge in [-0.1, -0.05) is 0 Å². The Morgan fingerprint density at radius 2 is 2.19 bits per heavy atom. The Balaban J connectivity index is 2.35. The summed E-state index contributed by atoms with van der Waals surface area (Å²) < 4.78 is 7.60. The fourth-order valence-corrected chi connectivity index (χ4v) is 1.71. The second kappa shape index (κ2) is 4.14. The molecule has 0 bridgehead atoms. The van der Waals surface area contributed by atoms with Gasteiger partial charge in [-0.3, -0.25) is 4.68 Å². The average molecular weight is 219 g/mol. The molecule has 0 amide bonds. The van der Waals surface area contributed by atoms with Crippen LogP contribution in [-0.2, 0) is 7.05 Å². The van der Waals surface area contributed by atoms with Gasteiger partial charge >= 0.3 is 0 Å². The summed E-state index contributed by atoms with van der Waals surface area (Å²) in [7, 11) is 3.83. The summed E-state index contributed by atoms with van der Waals surface area (Å²) >= 11 is 0. The van der Waals surface area contributed by atoms with Crippen molar-refractivity contribution >= 4 is 0 Å². The van der Waals surface area contributed by atoms with Crippen molar-refractivity contribution in [3.63, 3.8) is 0 Å². The third-order valence-electron chi connectivity index (χ3n) is 2.77. The fourth-order valence-electron chi connectivity index (χ4n) is 1.71. The summed E-state index contributed by atoms with van der Waals surface area (Å²) in [6.45, 7) is 4.05. The molecule has 0 aliphatic rings. The highest BCUT2D eigenvalue weighted by Crippen LogP contribution is 2.26. The molecule has 1 atom stereocenters. The van der Waals surface area contributed by atoms with Crippen LogP contribution in [0.4, 0.5) is 0 Å². The van der Waals surface area contributed by atoms with Gasteiger partial charge in [-0.15, -0.1) is 0 Å². The SMILES string of the molecule is CNC(C)c1ccc(-c2cn(C)nc2C)o1. The van der Waals surface area contributed by atoms with Crippen LogP contribution >= 0.6 is 0 Å². The molecule has 4 nitrogen and oxygen atoms in total.